The molecule has 2 atom stereocenters. The van der Waals surface area contributed by atoms with E-state index in [1.807, 2.05) is 12.2 Å². The third kappa shape index (κ3) is 7.51. The molecule has 0 bridgehead atoms. The molecule has 2 N–H and O–H groups in total. The van der Waals surface area contributed by atoms with Crippen LogP contribution in [-0.2, 0) is 15.9 Å². The normalized spacial score (nSPS) is 25.0. The maximum Gasteiger partial charge on any atom is 0.316 e. The Morgan fingerprint density at radius 3 is 2.61 bits per heavy atom. The Labute approximate surface area is 229 Å². The van der Waals surface area contributed by atoms with E-state index < -0.39 is 11.8 Å². The molecule has 1 heterocycles. The number of halogens is 2. The van der Waals surface area contributed by atoms with Gasteiger partial charge in [-0.3, -0.25) is 5.73 Å². The molecule has 4 rings (SSSR count). The van der Waals surface area contributed by atoms with Gasteiger partial charge in [0.25, 0.3) is 0 Å². The van der Waals surface area contributed by atoms with Crippen molar-refractivity contribution in [2.45, 2.75) is 81.8 Å². The second-order valence-corrected chi connectivity index (χ2v) is 11.0. The maximum atomic E-state index is 13.3. The van der Waals surface area contributed by atoms with Gasteiger partial charge in [0.1, 0.15) is 11.9 Å². The lowest BCUT2D eigenvalue weighted by molar-refractivity contribution is -0.100. The maximum absolute atomic E-state index is 13.3. The smallest absolute Gasteiger partial charge is 0.316 e. The van der Waals surface area contributed by atoms with Crippen molar-refractivity contribution in [1.82, 2.24) is 14.9 Å². The molecule has 2 aliphatic rings. The molecule has 38 heavy (non-hydrogen) atoms. The van der Waals surface area contributed by atoms with Crippen LogP contribution in [0.4, 0.5) is 4.39 Å². The third-order valence-electron chi connectivity index (χ3n) is 7.61. The van der Waals surface area contributed by atoms with Crippen LogP contribution in [0, 0.1) is 5.82 Å². The van der Waals surface area contributed by atoms with Crippen molar-refractivity contribution in [1.29, 1.82) is 0 Å². The van der Waals surface area contributed by atoms with E-state index in [4.69, 9.17) is 31.5 Å². The SMILES string of the molecule is COC1(N)C=c2nc(OCCCCCCc3ccc(F)c(Cl)c3)ncc2=CC1OC1CCC(N(C)C)CC1. The van der Waals surface area contributed by atoms with Crippen molar-refractivity contribution in [2.24, 2.45) is 5.73 Å². The average molecular weight is 547 g/mol. The van der Waals surface area contributed by atoms with Crippen LogP contribution in [0.15, 0.2) is 24.4 Å². The van der Waals surface area contributed by atoms with E-state index in [0.29, 0.717) is 24.0 Å². The van der Waals surface area contributed by atoms with Gasteiger partial charge in [0.05, 0.1) is 23.1 Å². The number of nitrogens with zero attached hydrogens (tertiary/aromatic N) is 3. The van der Waals surface area contributed by atoms with Crippen LogP contribution in [0.1, 0.15) is 56.9 Å². The van der Waals surface area contributed by atoms with E-state index in [1.54, 1.807) is 25.4 Å². The lowest BCUT2D eigenvalue weighted by Gasteiger charge is -2.38. The number of rotatable bonds is 12. The van der Waals surface area contributed by atoms with Crippen LogP contribution in [-0.4, -0.2) is 66.7 Å². The van der Waals surface area contributed by atoms with Gasteiger partial charge >= 0.3 is 6.01 Å². The molecule has 9 heteroatoms. The molecule has 0 amide bonds. The minimum absolute atomic E-state index is 0.150. The third-order valence-corrected chi connectivity index (χ3v) is 7.90. The monoisotopic (exact) mass is 546 g/mol. The molecular weight excluding hydrogens is 507 g/mol. The van der Waals surface area contributed by atoms with Crippen molar-refractivity contribution < 1.29 is 18.6 Å². The largest absolute Gasteiger partial charge is 0.463 e. The Hall–Kier alpha value is -2.10. The lowest BCUT2D eigenvalue weighted by Crippen LogP contribution is -2.57. The highest BCUT2D eigenvalue weighted by molar-refractivity contribution is 6.30. The number of nitrogens with two attached hydrogens (primary N) is 1. The predicted molar refractivity (Wildman–Crippen MR) is 148 cm³/mol. The first-order valence-corrected chi connectivity index (χ1v) is 14.0. The molecule has 1 aromatic carbocycles. The van der Waals surface area contributed by atoms with E-state index in [2.05, 4.69) is 29.0 Å². The second-order valence-electron chi connectivity index (χ2n) is 10.6. The summed E-state index contributed by atoms with van der Waals surface area (Å²) in [5, 5.41) is 1.73. The predicted octanol–water partition coefficient (Wildman–Crippen LogP) is 3.59. The van der Waals surface area contributed by atoms with Crippen LogP contribution < -0.4 is 21.0 Å². The van der Waals surface area contributed by atoms with Gasteiger partial charge in [0.15, 0.2) is 5.72 Å². The summed E-state index contributed by atoms with van der Waals surface area (Å²) in [5.41, 5.74) is 6.57. The summed E-state index contributed by atoms with van der Waals surface area (Å²) < 4.78 is 31.2. The first kappa shape index (κ1) is 28.9. The zero-order chi connectivity index (χ0) is 27.1. The van der Waals surface area contributed by atoms with E-state index >= 15 is 0 Å². The topological polar surface area (TPSA) is 82.7 Å². The zero-order valence-corrected chi connectivity index (χ0v) is 23.4. The zero-order valence-electron chi connectivity index (χ0n) is 22.7. The molecule has 2 aliphatic carbocycles. The van der Waals surface area contributed by atoms with E-state index in [0.717, 1.165) is 68.6 Å². The Bertz CT molecular complexity index is 1190. The second kappa shape index (κ2) is 13.3. The minimum Gasteiger partial charge on any atom is -0.463 e. The summed E-state index contributed by atoms with van der Waals surface area (Å²) in [6.45, 7) is 0.532. The van der Waals surface area contributed by atoms with E-state index in [1.165, 1.54) is 6.07 Å². The molecule has 1 aromatic heterocycles. The Morgan fingerprint density at radius 2 is 1.89 bits per heavy atom. The molecule has 1 fully saturated rings. The number of unbranched alkanes of at least 4 members (excludes halogenated alkanes) is 3. The molecule has 2 unspecified atom stereocenters. The Balaban J connectivity index is 1.26. The van der Waals surface area contributed by atoms with Crippen molar-refractivity contribution >= 4 is 23.8 Å². The molecule has 0 aliphatic heterocycles. The minimum atomic E-state index is -1.11. The summed E-state index contributed by atoms with van der Waals surface area (Å²) in [6.07, 6.45) is 14.4. The average Bonchev–Trinajstić information content (AvgIpc) is 2.91. The van der Waals surface area contributed by atoms with Crippen LogP contribution in [0.2, 0.25) is 5.02 Å². The summed E-state index contributed by atoms with van der Waals surface area (Å²) in [5.74, 6) is -0.377. The van der Waals surface area contributed by atoms with Crippen molar-refractivity contribution in [3.63, 3.8) is 0 Å². The molecular formula is C29H40ClFN4O3. The molecule has 0 spiro atoms. The first-order valence-electron chi connectivity index (χ1n) is 13.6. The lowest BCUT2D eigenvalue weighted by atomic mass is 9.91. The van der Waals surface area contributed by atoms with Gasteiger partial charge in [-0.1, -0.05) is 30.5 Å². The standard InChI is InChI=1S/C29H40ClFN4O3/c1-35(2)22-10-12-23(13-11-22)38-27-17-21-19-33-28(34-26(21)18-29(27,32)36-3)37-15-7-5-4-6-8-20-9-14-25(31)24(30)16-20/h9,14,16-19,22-23,27H,4-8,10-13,15,32H2,1-3H3. The van der Waals surface area contributed by atoms with Gasteiger partial charge in [-0.2, -0.15) is 4.98 Å². The molecule has 7 nitrogen and oxygen atoms in total. The number of aryl methyl sites for hydroxylation is 1. The van der Waals surface area contributed by atoms with Crippen molar-refractivity contribution in [3.05, 3.63) is 51.4 Å². The number of aromatic nitrogens is 2. The Morgan fingerprint density at radius 1 is 1.13 bits per heavy atom. The summed E-state index contributed by atoms with van der Waals surface area (Å²) >= 11 is 5.85. The fourth-order valence-corrected chi connectivity index (χ4v) is 5.36. The van der Waals surface area contributed by atoms with E-state index in [-0.39, 0.29) is 16.9 Å². The van der Waals surface area contributed by atoms with Gasteiger partial charge in [-0.25, -0.2) is 9.37 Å². The van der Waals surface area contributed by atoms with Crippen LogP contribution in [0.5, 0.6) is 6.01 Å². The molecule has 208 valence electrons. The number of ether oxygens (including phenoxy) is 3. The van der Waals surface area contributed by atoms with Gasteiger partial charge in [0.2, 0.25) is 0 Å². The number of benzene rings is 1. The quantitative estimate of drug-likeness (QED) is 0.322. The number of methoxy groups -OCH3 is 1. The van der Waals surface area contributed by atoms with Gasteiger partial charge in [-0.15, -0.1) is 0 Å². The van der Waals surface area contributed by atoms with Gasteiger partial charge in [-0.05, 0) is 88.9 Å². The summed E-state index contributed by atoms with van der Waals surface area (Å²) in [4.78, 5) is 11.3. The van der Waals surface area contributed by atoms with E-state index in [9.17, 15) is 4.39 Å². The fourth-order valence-electron chi connectivity index (χ4n) is 5.16. The highest BCUT2D eigenvalue weighted by Crippen LogP contribution is 2.28. The highest BCUT2D eigenvalue weighted by atomic mass is 35.5. The van der Waals surface area contributed by atoms with Crippen LogP contribution in [0.3, 0.4) is 0 Å². The van der Waals surface area contributed by atoms with Crippen LogP contribution in [0.25, 0.3) is 12.2 Å². The molecule has 1 saturated carbocycles. The molecule has 0 radical (unpaired) electrons. The first-order chi connectivity index (χ1) is 18.3. The van der Waals surface area contributed by atoms with Crippen molar-refractivity contribution in [3.8, 4) is 6.01 Å². The number of fused-ring (bicyclic) bond motifs is 1. The summed E-state index contributed by atoms with van der Waals surface area (Å²) in [6, 6.07) is 5.85. The Kier molecular flexibility index (Phi) is 10.1. The summed E-state index contributed by atoms with van der Waals surface area (Å²) in [7, 11) is 5.86. The van der Waals surface area contributed by atoms with Crippen molar-refractivity contribution in [2.75, 3.05) is 27.8 Å². The van der Waals surface area contributed by atoms with Gasteiger partial charge < -0.3 is 19.1 Å². The molecule has 2 aromatic rings. The number of hydrogen-bond donors (Lipinski definition) is 1. The van der Waals surface area contributed by atoms with Gasteiger partial charge in [0, 0.05) is 24.6 Å². The highest BCUT2D eigenvalue weighted by Gasteiger charge is 2.37. The van der Waals surface area contributed by atoms with Crippen LogP contribution >= 0.6 is 11.6 Å². The molecule has 0 saturated heterocycles. The fraction of sp³-hybridized carbons (Fsp3) is 0.586. The number of hydrogen-bond acceptors (Lipinski definition) is 7.